The van der Waals surface area contributed by atoms with Crippen molar-refractivity contribution in [1.82, 2.24) is 4.98 Å². The maximum atomic E-state index is 12.4. The number of hydrogen-bond acceptors (Lipinski definition) is 6. The second-order valence-electron chi connectivity index (χ2n) is 5.35. The first-order chi connectivity index (χ1) is 12.5. The monoisotopic (exact) mass is 372 g/mol. The molecule has 8 heteroatoms. The molecule has 3 rings (SSSR count). The summed E-state index contributed by atoms with van der Waals surface area (Å²) in [4.78, 5) is 26.9. The van der Waals surface area contributed by atoms with E-state index in [0.717, 1.165) is 17.0 Å². The number of nitrogens with zero attached hydrogens (tertiary/aromatic N) is 2. The molecule has 0 atom stereocenters. The van der Waals surface area contributed by atoms with E-state index in [1.54, 1.807) is 6.07 Å². The van der Waals surface area contributed by atoms with Gasteiger partial charge in [0.1, 0.15) is 23.1 Å². The minimum absolute atomic E-state index is 0.0356. The van der Waals surface area contributed by atoms with Crippen LogP contribution in [0.1, 0.15) is 15.9 Å². The summed E-state index contributed by atoms with van der Waals surface area (Å²) in [6, 6.07) is 12.9. The van der Waals surface area contributed by atoms with Crippen molar-refractivity contribution >= 4 is 34.2 Å². The number of nitro groups is 1. The average Bonchev–Trinajstić information content (AvgIpc) is 2.65. The summed E-state index contributed by atoms with van der Waals surface area (Å²) in [6.45, 7) is -0.124. The fourth-order valence-electron chi connectivity index (χ4n) is 2.43. The van der Waals surface area contributed by atoms with Crippen LogP contribution < -0.4 is 4.74 Å². The van der Waals surface area contributed by atoms with Gasteiger partial charge in [-0.1, -0.05) is 29.8 Å². The molecule has 0 saturated carbocycles. The van der Waals surface area contributed by atoms with E-state index in [4.69, 9.17) is 21.1 Å². The van der Waals surface area contributed by atoms with Crippen molar-refractivity contribution in [3.8, 4) is 5.75 Å². The van der Waals surface area contributed by atoms with Crippen LogP contribution in [0.3, 0.4) is 0 Å². The smallest absolute Gasteiger partial charge is 0.342 e. The van der Waals surface area contributed by atoms with Gasteiger partial charge in [0.15, 0.2) is 0 Å². The average molecular weight is 373 g/mol. The summed E-state index contributed by atoms with van der Waals surface area (Å²) < 4.78 is 10.3. The number of pyridine rings is 1. The van der Waals surface area contributed by atoms with Gasteiger partial charge in [0.05, 0.1) is 17.5 Å². The Morgan fingerprint density at radius 3 is 2.73 bits per heavy atom. The van der Waals surface area contributed by atoms with Crippen LogP contribution in [-0.4, -0.2) is 23.0 Å². The predicted molar refractivity (Wildman–Crippen MR) is 95.5 cm³/mol. The molecule has 1 heterocycles. The van der Waals surface area contributed by atoms with Gasteiger partial charge in [0.2, 0.25) is 0 Å². The summed E-state index contributed by atoms with van der Waals surface area (Å²) in [5, 5.41) is 12.0. The molecule has 0 amide bonds. The lowest BCUT2D eigenvalue weighted by Gasteiger charge is -2.10. The molecule has 0 radical (unpaired) electrons. The number of hydrogen-bond donors (Lipinski definition) is 0. The number of benzene rings is 2. The van der Waals surface area contributed by atoms with Crippen LogP contribution in [0.2, 0.25) is 5.15 Å². The quantitative estimate of drug-likeness (QED) is 0.289. The first kappa shape index (κ1) is 17.6. The first-order valence-corrected chi connectivity index (χ1v) is 7.91. The highest BCUT2D eigenvalue weighted by molar-refractivity contribution is 6.30. The van der Waals surface area contributed by atoms with Crippen LogP contribution in [0.15, 0.2) is 48.5 Å². The zero-order chi connectivity index (χ0) is 18.7. The van der Waals surface area contributed by atoms with Crippen LogP contribution in [0.4, 0.5) is 5.69 Å². The standard InChI is InChI=1S/C18H13ClN2O5/c1-25-16-7-6-13(21(23)24)9-14(16)18(22)26-10-12-8-11-4-2-3-5-15(11)20-17(12)19/h2-9H,10H2,1H3. The number of rotatable bonds is 5. The van der Waals surface area contributed by atoms with Gasteiger partial charge in [-0.25, -0.2) is 9.78 Å². The van der Waals surface area contributed by atoms with Gasteiger partial charge in [-0.2, -0.15) is 0 Å². The lowest BCUT2D eigenvalue weighted by atomic mass is 10.1. The number of para-hydroxylation sites is 1. The lowest BCUT2D eigenvalue weighted by Crippen LogP contribution is -2.08. The minimum atomic E-state index is -0.755. The maximum Gasteiger partial charge on any atom is 0.342 e. The third kappa shape index (κ3) is 3.57. The van der Waals surface area contributed by atoms with E-state index < -0.39 is 10.9 Å². The van der Waals surface area contributed by atoms with E-state index in [-0.39, 0.29) is 28.8 Å². The molecule has 0 fully saturated rings. The van der Waals surface area contributed by atoms with Gasteiger partial charge in [-0.05, 0) is 18.2 Å². The van der Waals surface area contributed by atoms with E-state index in [1.165, 1.54) is 19.2 Å². The number of carbonyl (C=O) groups excluding carboxylic acids is 1. The van der Waals surface area contributed by atoms with Crippen LogP contribution >= 0.6 is 11.6 Å². The normalized spacial score (nSPS) is 10.5. The fourth-order valence-corrected chi connectivity index (χ4v) is 2.63. The molecule has 0 saturated heterocycles. The highest BCUT2D eigenvalue weighted by Gasteiger charge is 2.19. The molecule has 0 bridgehead atoms. The van der Waals surface area contributed by atoms with Gasteiger partial charge in [0.25, 0.3) is 5.69 Å². The molecular formula is C18H13ClN2O5. The van der Waals surface area contributed by atoms with Gasteiger partial charge in [0, 0.05) is 23.1 Å². The molecule has 26 heavy (non-hydrogen) atoms. The molecule has 0 N–H and O–H groups in total. The third-order valence-corrected chi connectivity index (χ3v) is 4.05. The van der Waals surface area contributed by atoms with E-state index in [2.05, 4.69) is 4.98 Å². The summed E-state index contributed by atoms with van der Waals surface area (Å²) in [5.74, 6) is -0.571. The Morgan fingerprint density at radius 1 is 1.23 bits per heavy atom. The number of non-ortho nitro benzene ring substituents is 1. The number of esters is 1. The molecule has 0 spiro atoms. The van der Waals surface area contributed by atoms with E-state index in [0.29, 0.717) is 5.56 Å². The molecule has 2 aromatic carbocycles. The molecule has 1 aromatic heterocycles. The van der Waals surface area contributed by atoms with Crippen molar-refractivity contribution in [2.45, 2.75) is 6.61 Å². The number of carbonyl (C=O) groups is 1. The number of methoxy groups -OCH3 is 1. The van der Waals surface area contributed by atoms with Crippen molar-refractivity contribution in [1.29, 1.82) is 0 Å². The van der Waals surface area contributed by atoms with Crippen LogP contribution in [0.25, 0.3) is 10.9 Å². The number of halogens is 1. The molecule has 7 nitrogen and oxygen atoms in total. The minimum Gasteiger partial charge on any atom is -0.496 e. The van der Waals surface area contributed by atoms with Gasteiger partial charge in [-0.15, -0.1) is 0 Å². The van der Waals surface area contributed by atoms with Crippen molar-refractivity contribution < 1.29 is 19.2 Å². The summed E-state index contributed by atoms with van der Waals surface area (Å²) in [7, 11) is 1.36. The highest BCUT2D eigenvalue weighted by Crippen LogP contribution is 2.26. The maximum absolute atomic E-state index is 12.4. The second-order valence-corrected chi connectivity index (χ2v) is 5.71. The summed E-state index contributed by atoms with van der Waals surface area (Å²) in [5.41, 5.74) is 0.991. The third-order valence-electron chi connectivity index (χ3n) is 3.72. The van der Waals surface area contributed by atoms with Gasteiger partial charge >= 0.3 is 5.97 Å². The summed E-state index contributed by atoms with van der Waals surface area (Å²) in [6.07, 6.45) is 0. The number of aromatic nitrogens is 1. The van der Waals surface area contributed by atoms with E-state index >= 15 is 0 Å². The summed E-state index contributed by atoms with van der Waals surface area (Å²) >= 11 is 6.14. The SMILES string of the molecule is COc1ccc([N+](=O)[O-])cc1C(=O)OCc1cc2ccccc2nc1Cl. The van der Waals surface area contributed by atoms with Crippen LogP contribution in [-0.2, 0) is 11.3 Å². The Hall–Kier alpha value is -3.19. The van der Waals surface area contributed by atoms with Crippen molar-refractivity contribution in [3.05, 3.63) is 74.9 Å². The van der Waals surface area contributed by atoms with Gasteiger partial charge in [-0.3, -0.25) is 10.1 Å². The molecule has 3 aromatic rings. The van der Waals surface area contributed by atoms with Crippen LogP contribution in [0.5, 0.6) is 5.75 Å². The Balaban J connectivity index is 1.84. The van der Waals surface area contributed by atoms with Crippen molar-refractivity contribution in [2.24, 2.45) is 0 Å². The number of nitro benzene ring substituents is 1. The Labute approximate surface area is 153 Å². The second kappa shape index (κ2) is 7.37. The van der Waals surface area contributed by atoms with Crippen LogP contribution in [0, 0.1) is 10.1 Å². The predicted octanol–water partition coefficient (Wildman–Crippen LogP) is 4.16. The fraction of sp³-hybridized carbons (Fsp3) is 0.111. The molecule has 0 aliphatic carbocycles. The Bertz CT molecular complexity index is 1010. The van der Waals surface area contributed by atoms with Crippen molar-refractivity contribution in [2.75, 3.05) is 7.11 Å². The molecule has 0 aliphatic rings. The zero-order valence-electron chi connectivity index (χ0n) is 13.6. The molecule has 0 unspecified atom stereocenters. The lowest BCUT2D eigenvalue weighted by molar-refractivity contribution is -0.384. The van der Waals surface area contributed by atoms with E-state index in [1.807, 2.05) is 24.3 Å². The highest BCUT2D eigenvalue weighted by atomic mass is 35.5. The van der Waals surface area contributed by atoms with Gasteiger partial charge < -0.3 is 9.47 Å². The topological polar surface area (TPSA) is 91.6 Å². The largest absolute Gasteiger partial charge is 0.496 e. The Morgan fingerprint density at radius 2 is 2.00 bits per heavy atom. The zero-order valence-corrected chi connectivity index (χ0v) is 14.4. The molecule has 0 aliphatic heterocycles. The number of ether oxygens (including phenoxy) is 2. The molecule has 132 valence electrons. The first-order valence-electron chi connectivity index (χ1n) is 7.53. The molecular weight excluding hydrogens is 360 g/mol. The van der Waals surface area contributed by atoms with E-state index in [9.17, 15) is 14.9 Å². The Kier molecular flexibility index (Phi) is 4.99. The number of fused-ring (bicyclic) bond motifs is 1. The van der Waals surface area contributed by atoms with Crippen molar-refractivity contribution in [3.63, 3.8) is 0 Å².